The zero-order valence-corrected chi connectivity index (χ0v) is 17.5. The molecule has 0 spiro atoms. The van der Waals surface area contributed by atoms with Gasteiger partial charge in [0.05, 0.1) is 11.4 Å². The minimum absolute atomic E-state index is 0.0234. The van der Waals surface area contributed by atoms with Crippen molar-refractivity contribution in [2.45, 2.75) is 13.3 Å². The molecule has 29 heavy (non-hydrogen) atoms. The summed E-state index contributed by atoms with van der Waals surface area (Å²) in [5.41, 5.74) is 2.16. The van der Waals surface area contributed by atoms with Crippen molar-refractivity contribution in [3.63, 3.8) is 0 Å². The second kappa shape index (κ2) is 10.5. The molecule has 0 bridgehead atoms. The molecular weight excluding hydrogens is 364 g/mol. The molecule has 1 heterocycles. The highest BCUT2D eigenvalue weighted by Crippen LogP contribution is 2.35. The molecule has 2 rings (SSSR count). The normalized spacial score (nSPS) is 14.5. The Morgan fingerprint density at radius 2 is 2.21 bits per heavy atom. The number of hydrogen-bond donors (Lipinski definition) is 1. The number of hydrogen-bond acceptors (Lipinski definition) is 4. The van der Waals surface area contributed by atoms with Gasteiger partial charge in [-0.3, -0.25) is 9.59 Å². The largest absolute Gasteiger partial charge is 0.340 e. The van der Waals surface area contributed by atoms with Crippen LogP contribution in [0.4, 0.5) is 11.4 Å². The summed E-state index contributed by atoms with van der Waals surface area (Å²) >= 11 is 0. The molecule has 1 aliphatic rings. The number of fused-ring (bicyclic) bond motifs is 1. The number of nitrogens with one attached hydrogen (secondary N) is 1. The summed E-state index contributed by atoms with van der Waals surface area (Å²) in [5.74, 6) is 2.60. The van der Waals surface area contributed by atoms with Crippen LogP contribution in [-0.4, -0.2) is 57.0 Å². The molecular formula is C23H30N4O2. The van der Waals surface area contributed by atoms with Gasteiger partial charge >= 0.3 is 0 Å². The monoisotopic (exact) mass is 394 g/mol. The molecule has 0 fully saturated rings. The van der Waals surface area contributed by atoms with Crippen LogP contribution >= 0.6 is 0 Å². The maximum Gasteiger partial charge on any atom is 0.253 e. The van der Waals surface area contributed by atoms with Gasteiger partial charge < -0.3 is 20.0 Å². The van der Waals surface area contributed by atoms with Gasteiger partial charge in [0.1, 0.15) is 6.54 Å². The predicted molar refractivity (Wildman–Crippen MR) is 119 cm³/mol. The SMILES string of the molecule is C#CC/C=C\N1CC(=O)N(CC(C)C=C)c2cc(C(=O)N(C)CCNC)ccc21. The molecule has 0 aromatic heterocycles. The second-order valence-corrected chi connectivity index (χ2v) is 7.17. The van der Waals surface area contributed by atoms with Crippen molar-refractivity contribution in [2.24, 2.45) is 5.92 Å². The Kier molecular flexibility index (Phi) is 8.05. The van der Waals surface area contributed by atoms with Crippen LogP contribution in [0.2, 0.25) is 0 Å². The highest BCUT2D eigenvalue weighted by atomic mass is 16.2. The van der Waals surface area contributed by atoms with Crippen molar-refractivity contribution in [3.05, 3.63) is 48.7 Å². The van der Waals surface area contributed by atoms with Gasteiger partial charge in [0.2, 0.25) is 5.91 Å². The van der Waals surface area contributed by atoms with Crippen molar-refractivity contribution < 1.29 is 9.59 Å². The van der Waals surface area contributed by atoms with E-state index in [0.29, 0.717) is 31.6 Å². The lowest BCUT2D eigenvalue weighted by Gasteiger charge is -2.37. The minimum atomic E-state index is -0.0767. The Bertz CT molecular complexity index is 825. The number of benzene rings is 1. The fraction of sp³-hybridized carbons (Fsp3) is 0.391. The molecule has 2 amide bonds. The number of carbonyl (C=O) groups is 2. The molecule has 154 valence electrons. The van der Waals surface area contributed by atoms with E-state index in [1.165, 1.54) is 0 Å². The molecule has 0 saturated heterocycles. The van der Waals surface area contributed by atoms with Gasteiger partial charge in [-0.1, -0.05) is 19.1 Å². The number of amides is 2. The number of terminal acetylenes is 1. The van der Waals surface area contributed by atoms with Crippen LogP contribution in [0.5, 0.6) is 0 Å². The fourth-order valence-corrected chi connectivity index (χ4v) is 3.11. The highest BCUT2D eigenvalue weighted by Gasteiger charge is 2.30. The third-order valence-corrected chi connectivity index (χ3v) is 4.87. The Morgan fingerprint density at radius 1 is 1.45 bits per heavy atom. The molecule has 0 saturated carbocycles. The van der Waals surface area contributed by atoms with E-state index in [0.717, 1.165) is 11.4 Å². The van der Waals surface area contributed by atoms with Gasteiger partial charge in [0, 0.05) is 44.9 Å². The van der Waals surface area contributed by atoms with Crippen LogP contribution in [0.1, 0.15) is 23.7 Å². The van der Waals surface area contributed by atoms with E-state index < -0.39 is 0 Å². The van der Waals surface area contributed by atoms with E-state index in [1.54, 1.807) is 16.8 Å². The van der Waals surface area contributed by atoms with Crippen molar-refractivity contribution >= 4 is 23.2 Å². The third kappa shape index (κ3) is 5.49. The van der Waals surface area contributed by atoms with E-state index in [1.807, 2.05) is 55.4 Å². The highest BCUT2D eigenvalue weighted by molar-refractivity contribution is 6.06. The van der Waals surface area contributed by atoms with E-state index in [9.17, 15) is 9.59 Å². The smallest absolute Gasteiger partial charge is 0.253 e. The van der Waals surface area contributed by atoms with Gasteiger partial charge in [-0.15, -0.1) is 18.9 Å². The van der Waals surface area contributed by atoms with Gasteiger partial charge in [-0.25, -0.2) is 0 Å². The van der Waals surface area contributed by atoms with E-state index in [4.69, 9.17) is 6.42 Å². The molecule has 1 aliphatic heterocycles. The zero-order valence-electron chi connectivity index (χ0n) is 17.5. The Labute approximate surface area is 173 Å². The number of carbonyl (C=O) groups excluding carboxylic acids is 2. The van der Waals surface area contributed by atoms with Gasteiger partial charge in [-0.2, -0.15) is 0 Å². The first-order valence-electron chi connectivity index (χ1n) is 9.76. The van der Waals surface area contributed by atoms with E-state index >= 15 is 0 Å². The van der Waals surface area contributed by atoms with Gasteiger partial charge in [-0.05, 0) is 31.2 Å². The average molecular weight is 395 g/mol. The first-order valence-corrected chi connectivity index (χ1v) is 9.76. The molecule has 0 radical (unpaired) electrons. The average Bonchev–Trinajstić information content (AvgIpc) is 2.73. The van der Waals surface area contributed by atoms with Crippen molar-refractivity contribution in [1.29, 1.82) is 0 Å². The number of allylic oxidation sites excluding steroid dienone is 1. The number of likely N-dealkylation sites (N-methyl/N-ethyl adjacent to an activating group) is 2. The fourth-order valence-electron chi connectivity index (χ4n) is 3.11. The van der Waals surface area contributed by atoms with Crippen molar-refractivity contribution in [1.82, 2.24) is 10.2 Å². The molecule has 1 aromatic carbocycles. The molecule has 1 N–H and O–H groups in total. The summed E-state index contributed by atoms with van der Waals surface area (Å²) in [5, 5.41) is 3.04. The van der Waals surface area contributed by atoms with Crippen molar-refractivity contribution in [3.8, 4) is 12.3 Å². The zero-order chi connectivity index (χ0) is 21.4. The predicted octanol–water partition coefficient (Wildman–Crippen LogP) is 2.49. The Balaban J connectivity index is 2.43. The molecule has 1 aromatic rings. The second-order valence-electron chi connectivity index (χ2n) is 7.17. The molecule has 1 unspecified atom stereocenters. The third-order valence-electron chi connectivity index (χ3n) is 4.87. The van der Waals surface area contributed by atoms with Crippen LogP contribution in [0.25, 0.3) is 0 Å². The molecule has 1 atom stereocenters. The van der Waals surface area contributed by atoms with Crippen LogP contribution in [0.3, 0.4) is 0 Å². The van der Waals surface area contributed by atoms with E-state index in [-0.39, 0.29) is 24.3 Å². The number of rotatable bonds is 9. The molecule has 6 heteroatoms. The Morgan fingerprint density at radius 3 is 2.86 bits per heavy atom. The summed E-state index contributed by atoms with van der Waals surface area (Å²) in [6.45, 7) is 7.90. The van der Waals surface area contributed by atoms with Crippen molar-refractivity contribution in [2.75, 3.05) is 50.1 Å². The first-order chi connectivity index (χ1) is 13.9. The topological polar surface area (TPSA) is 55.9 Å². The quantitative estimate of drug-likeness (QED) is 0.516. The van der Waals surface area contributed by atoms with Crippen LogP contribution in [0, 0.1) is 18.3 Å². The standard InChI is InChI=1S/C23H30N4O2/c1-6-8-9-13-26-17-22(28)27(16-18(3)7-2)21-15-19(10-11-20(21)26)23(29)25(5)14-12-24-4/h1,7,9-11,13,15,18,24H,2,8,12,14,16-17H2,3-5H3/b13-9-. The summed E-state index contributed by atoms with van der Waals surface area (Å²) in [6, 6.07) is 5.51. The maximum atomic E-state index is 12.9. The minimum Gasteiger partial charge on any atom is -0.340 e. The lowest BCUT2D eigenvalue weighted by atomic mass is 10.1. The molecule has 6 nitrogen and oxygen atoms in total. The number of anilines is 2. The van der Waals surface area contributed by atoms with Gasteiger partial charge in [0.25, 0.3) is 5.91 Å². The Hall–Kier alpha value is -3.04. The maximum absolute atomic E-state index is 12.9. The summed E-state index contributed by atoms with van der Waals surface area (Å²) in [6.07, 6.45) is 11.3. The summed E-state index contributed by atoms with van der Waals surface area (Å²) in [7, 11) is 3.63. The summed E-state index contributed by atoms with van der Waals surface area (Å²) < 4.78 is 0. The van der Waals surface area contributed by atoms with Crippen LogP contribution in [0.15, 0.2) is 43.1 Å². The number of nitrogens with zero attached hydrogens (tertiary/aromatic N) is 3. The van der Waals surface area contributed by atoms with Crippen LogP contribution in [-0.2, 0) is 4.79 Å². The van der Waals surface area contributed by atoms with Gasteiger partial charge in [0.15, 0.2) is 0 Å². The lowest BCUT2D eigenvalue weighted by molar-refractivity contribution is -0.117. The molecule has 0 aliphatic carbocycles. The van der Waals surface area contributed by atoms with E-state index in [2.05, 4.69) is 17.8 Å². The summed E-state index contributed by atoms with van der Waals surface area (Å²) in [4.78, 5) is 31.0. The van der Waals surface area contributed by atoms with Crippen LogP contribution < -0.4 is 15.1 Å². The first kappa shape index (κ1) is 22.3. The lowest BCUT2D eigenvalue weighted by Crippen LogP contribution is -2.45.